The number of anilines is 1. The van der Waals surface area contributed by atoms with E-state index in [-0.39, 0.29) is 5.91 Å². The number of hydrogen-bond acceptors (Lipinski definition) is 5. The number of carbonyl (C=O) groups is 1. The van der Waals surface area contributed by atoms with Crippen LogP contribution < -0.4 is 14.4 Å². The Morgan fingerprint density at radius 3 is 2.33 bits per heavy atom. The molecule has 5 nitrogen and oxygen atoms in total. The van der Waals surface area contributed by atoms with Gasteiger partial charge in [0.05, 0.1) is 28.4 Å². The van der Waals surface area contributed by atoms with E-state index in [1.807, 2.05) is 62.4 Å². The summed E-state index contributed by atoms with van der Waals surface area (Å²) in [6.07, 6.45) is 1.77. The van der Waals surface area contributed by atoms with Gasteiger partial charge in [0.2, 0.25) is 0 Å². The molecule has 1 heterocycles. The molecular weight excluding hydrogens is 647 g/mol. The van der Waals surface area contributed by atoms with E-state index in [1.54, 1.807) is 42.4 Å². The van der Waals surface area contributed by atoms with Gasteiger partial charge in [0.25, 0.3) is 5.91 Å². The molecule has 0 radical (unpaired) electrons. The van der Waals surface area contributed by atoms with Gasteiger partial charge in [0.1, 0.15) is 6.61 Å². The molecule has 1 saturated heterocycles. The van der Waals surface area contributed by atoms with E-state index >= 15 is 0 Å². The molecule has 226 valence electrons. The second kappa shape index (κ2) is 13.2. The third-order valence-corrected chi connectivity index (χ3v) is 9.47. The fraction of sp³-hybridized carbons (Fsp3) is 0.111. The lowest BCUT2D eigenvalue weighted by atomic mass is 10.1. The van der Waals surface area contributed by atoms with E-state index in [1.165, 1.54) is 11.8 Å². The van der Waals surface area contributed by atoms with Crippen LogP contribution in [0.3, 0.4) is 0 Å². The van der Waals surface area contributed by atoms with Crippen LogP contribution in [0.5, 0.6) is 11.5 Å². The highest BCUT2D eigenvalue weighted by Crippen LogP contribution is 2.42. The van der Waals surface area contributed by atoms with Gasteiger partial charge in [-0.25, -0.2) is 4.99 Å². The Bertz CT molecular complexity index is 2020. The first kappa shape index (κ1) is 31.1. The third-order valence-electron chi connectivity index (χ3n) is 7.40. The molecule has 0 spiro atoms. The molecule has 5 aromatic rings. The van der Waals surface area contributed by atoms with E-state index in [4.69, 9.17) is 49.3 Å². The number of fused-ring (bicyclic) bond motifs is 1. The molecule has 0 aromatic heterocycles. The molecular formula is C36H27Cl3N2O3S. The number of nitrogens with zero attached hydrogens (tertiary/aromatic N) is 2. The van der Waals surface area contributed by atoms with Crippen LogP contribution in [0.2, 0.25) is 15.1 Å². The van der Waals surface area contributed by atoms with Crippen LogP contribution in [0, 0.1) is 13.8 Å². The summed E-state index contributed by atoms with van der Waals surface area (Å²) in [7, 11) is 1.56. The average molecular weight is 674 g/mol. The number of thioether (sulfide) groups is 1. The summed E-state index contributed by atoms with van der Waals surface area (Å²) in [6.45, 7) is 4.14. The second-order valence-electron chi connectivity index (χ2n) is 10.5. The predicted molar refractivity (Wildman–Crippen MR) is 189 cm³/mol. The van der Waals surface area contributed by atoms with Gasteiger partial charge in [-0.05, 0) is 101 Å². The van der Waals surface area contributed by atoms with Crippen molar-refractivity contribution in [1.29, 1.82) is 0 Å². The van der Waals surface area contributed by atoms with Crippen LogP contribution >= 0.6 is 46.6 Å². The van der Waals surface area contributed by atoms with Crippen molar-refractivity contribution in [3.05, 3.63) is 133 Å². The topological polar surface area (TPSA) is 51.1 Å². The van der Waals surface area contributed by atoms with Crippen LogP contribution in [0.25, 0.3) is 16.8 Å². The van der Waals surface area contributed by atoms with Gasteiger partial charge < -0.3 is 9.47 Å². The number of aryl methyl sites for hydroxylation is 2. The zero-order valence-electron chi connectivity index (χ0n) is 24.6. The number of hydrogen-bond donors (Lipinski definition) is 0. The quantitative estimate of drug-likeness (QED) is 0.161. The molecule has 6 rings (SSSR count). The minimum Gasteiger partial charge on any atom is -0.493 e. The van der Waals surface area contributed by atoms with Crippen molar-refractivity contribution in [1.82, 2.24) is 0 Å². The van der Waals surface area contributed by atoms with Gasteiger partial charge in [-0.1, -0.05) is 89.4 Å². The van der Waals surface area contributed by atoms with E-state index in [0.717, 1.165) is 27.5 Å². The Labute approximate surface area is 281 Å². The number of halogens is 3. The fourth-order valence-electron chi connectivity index (χ4n) is 4.94. The van der Waals surface area contributed by atoms with E-state index < -0.39 is 0 Å². The fourth-order valence-corrected chi connectivity index (χ4v) is 6.57. The van der Waals surface area contributed by atoms with Gasteiger partial charge in [-0.2, -0.15) is 0 Å². The zero-order valence-corrected chi connectivity index (χ0v) is 27.7. The van der Waals surface area contributed by atoms with Gasteiger partial charge >= 0.3 is 0 Å². The van der Waals surface area contributed by atoms with Crippen LogP contribution in [0.15, 0.2) is 101 Å². The van der Waals surface area contributed by atoms with E-state index in [0.29, 0.717) is 60.2 Å². The van der Waals surface area contributed by atoms with Crippen LogP contribution in [-0.4, -0.2) is 18.2 Å². The third kappa shape index (κ3) is 6.56. The number of amidine groups is 1. The predicted octanol–water partition coefficient (Wildman–Crippen LogP) is 10.8. The summed E-state index contributed by atoms with van der Waals surface area (Å²) in [5.74, 6) is 0.632. The van der Waals surface area contributed by atoms with Gasteiger partial charge in [0, 0.05) is 10.0 Å². The first-order chi connectivity index (χ1) is 21.7. The monoisotopic (exact) mass is 672 g/mol. The van der Waals surface area contributed by atoms with E-state index in [9.17, 15) is 4.79 Å². The Morgan fingerprint density at radius 1 is 0.844 bits per heavy atom. The van der Waals surface area contributed by atoms with Crippen LogP contribution in [-0.2, 0) is 11.4 Å². The highest BCUT2D eigenvalue weighted by molar-refractivity contribution is 8.19. The lowest BCUT2D eigenvalue weighted by Gasteiger charge is -2.17. The van der Waals surface area contributed by atoms with Crippen molar-refractivity contribution < 1.29 is 14.3 Å². The minimum atomic E-state index is -0.247. The molecule has 1 amide bonds. The van der Waals surface area contributed by atoms with Crippen molar-refractivity contribution in [3.8, 4) is 11.5 Å². The molecule has 0 aliphatic carbocycles. The van der Waals surface area contributed by atoms with Gasteiger partial charge in [0.15, 0.2) is 16.7 Å². The Hall–Kier alpha value is -3.94. The van der Waals surface area contributed by atoms with Gasteiger partial charge in [-0.3, -0.25) is 9.69 Å². The maximum Gasteiger partial charge on any atom is 0.271 e. The normalized spacial score (nSPS) is 15.0. The van der Waals surface area contributed by atoms with Crippen molar-refractivity contribution >= 4 is 85.9 Å². The first-order valence-corrected chi connectivity index (χ1v) is 16.0. The van der Waals surface area contributed by atoms with Crippen molar-refractivity contribution in [2.24, 2.45) is 4.99 Å². The van der Waals surface area contributed by atoms with Crippen molar-refractivity contribution in [2.75, 3.05) is 12.0 Å². The van der Waals surface area contributed by atoms with Crippen LogP contribution in [0.1, 0.15) is 22.3 Å². The average Bonchev–Trinajstić information content (AvgIpc) is 3.33. The number of amides is 1. The summed E-state index contributed by atoms with van der Waals surface area (Å²) >= 11 is 20.8. The number of carbonyl (C=O) groups excluding carboxylic acids is 1. The first-order valence-electron chi connectivity index (χ1n) is 14.0. The minimum absolute atomic E-state index is 0.247. The highest BCUT2D eigenvalue weighted by Gasteiger charge is 2.35. The SMILES string of the molecule is COc1cc(/C=C2/SC(=Nc3ccc(C)c(Cl)c3)N(c3ccc(C)c(Cl)c3)C2=O)cc(Cl)c1OCc1cccc2ccccc12. The molecule has 0 atom stereocenters. The lowest BCUT2D eigenvalue weighted by molar-refractivity contribution is -0.113. The van der Waals surface area contributed by atoms with Crippen LogP contribution in [0.4, 0.5) is 11.4 Å². The van der Waals surface area contributed by atoms with Crippen molar-refractivity contribution in [3.63, 3.8) is 0 Å². The molecule has 1 fully saturated rings. The molecule has 0 N–H and O–H groups in total. The maximum atomic E-state index is 13.9. The summed E-state index contributed by atoms with van der Waals surface area (Å²) in [6, 6.07) is 28.8. The summed E-state index contributed by atoms with van der Waals surface area (Å²) in [5.41, 5.74) is 4.78. The Balaban J connectivity index is 1.34. The summed E-state index contributed by atoms with van der Waals surface area (Å²) in [5, 5.41) is 4.22. The lowest BCUT2D eigenvalue weighted by Crippen LogP contribution is -2.28. The maximum absolute atomic E-state index is 13.9. The second-order valence-corrected chi connectivity index (χ2v) is 12.7. The summed E-state index contributed by atoms with van der Waals surface area (Å²) < 4.78 is 11.9. The summed E-state index contributed by atoms with van der Waals surface area (Å²) in [4.78, 5) is 20.7. The van der Waals surface area contributed by atoms with Crippen molar-refractivity contribution in [2.45, 2.75) is 20.5 Å². The molecule has 0 saturated carbocycles. The number of benzene rings is 5. The van der Waals surface area contributed by atoms with E-state index in [2.05, 4.69) is 18.2 Å². The smallest absolute Gasteiger partial charge is 0.271 e. The molecule has 1 aliphatic rings. The highest BCUT2D eigenvalue weighted by atomic mass is 35.5. The molecule has 9 heteroatoms. The molecule has 0 bridgehead atoms. The number of aliphatic imine (C=N–C) groups is 1. The Morgan fingerprint density at radius 2 is 1.58 bits per heavy atom. The molecule has 0 unspecified atom stereocenters. The number of methoxy groups -OCH3 is 1. The number of rotatable bonds is 7. The standard InChI is InChI=1S/C36H27Cl3N2O3S/c1-21-11-13-26(18-29(21)37)40-36-41(27-14-12-22(2)30(38)19-27)35(42)33(45-36)17-23-15-31(39)34(32(16-23)43-3)44-20-25-9-6-8-24-7-4-5-10-28(24)25/h4-19H,20H2,1-3H3/b33-17+,40-36?. The molecule has 45 heavy (non-hydrogen) atoms. The molecule has 1 aliphatic heterocycles. The largest absolute Gasteiger partial charge is 0.493 e. The number of ether oxygens (including phenoxy) is 2. The zero-order chi connectivity index (χ0) is 31.7. The molecule has 5 aromatic carbocycles. The Kier molecular flexibility index (Phi) is 9.11. The van der Waals surface area contributed by atoms with Gasteiger partial charge in [-0.15, -0.1) is 0 Å².